The van der Waals surface area contributed by atoms with E-state index in [-0.39, 0.29) is 0 Å². The fourth-order valence-electron chi connectivity index (χ4n) is 3.09. The van der Waals surface area contributed by atoms with Crippen molar-refractivity contribution < 1.29 is 4.74 Å². The van der Waals surface area contributed by atoms with E-state index in [9.17, 15) is 0 Å². The highest BCUT2D eigenvalue weighted by molar-refractivity contribution is 5.59. The maximum Gasteiger partial charge on any atom is 0.0469 e. The van der Waals surface area contributed by atoms with Crippen LogP contribution < -0.4 is 10.6 Å². The number of benzene rings is 1. The summed E-state index contributed by atoms with van der Waals surface area (Å²) in [6, 6.07) is 6.69. The average Bonchev–Trinajstić information content (AvgIpc) is 2.49. The standard InChI is InChI=1S/C16H24N2O/c1-3-14-5-2-8-18-16(14)15(4-1)12-17-11-13-6-9-19-10-7-13/h1,3-4,13,17-18H,2,5-12H2. The molecule has 1 aromatic carbocycles. The van der Waals surface area contributed by atoms with Crippen LogP contribution in [0, 0.1) is 5.92 Å². The van der Waals surface area contributed by atoms with Crippen LogP contribution in [0.15, 0.2) is 18.2 Å². The molecule has 0 atom stereocenters. The lowest BCUT2D eigenvalue weighted by Crippen LogP contribution is -2.28. The molecule has 0 radical (unpaired) electrons. The van der Waals surface area contributed by atoms with Gasteiger partial charge >= 0.3 is 0 Å². The first kappa shape index (κ1) is 12.9. The molecule has 2 N–H and O–H groups in total. The topological polar surface area (TPSA) is 33.3 Å². The van der Waals surface area contributed by atoms with Crippen LogP contribution in [0.5, 0.6) is 0 Å². The van der Waals surface area contributed by atoms with E-state index in [4.69, 9.17) is 4.74 Å². The monoisotopic (exact) mass is 260 g/mol. The minimum atomic E-state index is 0.793. The Morgan fingerprint density at radius 2 is 2.16 bits per heavy atom. The molecular weight excluding hydrogens is 236 g/mol. The molecule has 2 heterocycles. The third-order valence-electron chi connectivity index (χ3n) is 4.25. The molecule has 2 aliphatic rings. The van der Waals surface area contributed by atoms with Crippen molar-refractivity contribution in [1.82, 2.24) is 5.32 Å². The molecule has 1 fully saturated rings. The van der Waals surface area contributed by atoms with Crippen LogP contribution in [0.25, 0.3) is 0 Å². The van der Waals surface area contributed by atoms with Crippen LogP contribution in [0.3, 0.4) is 0 Å². The SMILES string of the molecule is c1cc2c(c(CNCC3CCOCC3)c1)NCCC2. The minimum absolute atomic E-state index is 0.793. The summed E-state index contributed by atoms with van der Waals surface area (Å²) in [7, 11) is 0. The quantitative estimate of drug-likeness (QED) is 0.873. The summed E-state index contributed by atoms with van der Waals surface area (Å²) in [5.41, 5.74) is 4.29. The lowest BCUT2D eigenvalue weighted by Gasteiger charge is -2.24. The molecule has 3 rings (SSSR count). The molecule has 0 spiro atoms. The van der Waals surface area contributed by atoms with E-state index in [2.05, 4.69) is 28.8 Å². The highest BCUT2D eigenvalue weighted by atomic mass is 16.5. The number of rotatable bonds is 4. The van der Waals surface area contributed by atoms with E-state index in [1.165, 1.54) is 42.5 Å². The van der Waals surface area contributed by atoms with Gasteiger partial charge in [0.2, 0.25) is 0 Å². The minimum Gasteiger partial charge on any atom is -0.385 e. The van der Waals surface area contributed by atoms with Crippen LogP contribution in [-0.4, -0.2) is 26.3 Å². The number of anilines is 1. The van der Waals surface area contributed by atoms with Gasteiger partial charge in [0.25, 0.3) is 0 Å². The van der Waals surface area contributed by atoms with Gasteiger partial charge in [0, 0.05) is 32.0 Å². The predicted octanol–water partition coefficient (Wildman–Crippen LogP) is 2.56. The summed E-state index contributed by atoms with van der Waals surface area (Å²) in [6.45, 7) is 5.09. The summed E-state index contributed by atoms with van der Waals surface area (Å²) < 4.78 is 5.40. The number of hydrogen-bond donors (Lipinski definition) is 2. The Bertz CT molecular complexity index is 413. The number of para-hydroxylation sites is 1. The first-order chi connectivity index (χ1) is 9.43. The largest absolute Gasteiger partial charge is 0.385 e. The zero-order valence-electron chi connectivity index (χ0n) is 11.6. The Labute approximate surface area is 115 Å². The molecule has 3 nitrogen and oxygen atoms in total. The third-order valence-corrected chi connectivity index (χ3v) is 4.25. The van der Waals surface area contributed by atoms with Gasteiger partial charge in [-0.05, 0) is 49.3 Å². The van der Waals surface area contributed by atoms with E-state index < -0.39 is 0 Å². The molecule has 1 saturated heterocycles. The van der Waals surface area contributed by atoms with Crippen molar-refractivity contribution in [2.45, 2.75) is 32.2 Å². The van der Waals surface area contributed by atoms with Gasteiger partial charge in [-0.3, -0.25) is 0 Å². The Morgan fingerprint density at radius 3 is 3.05 bits per heavy atom. The Balaban J connectivity index is 1.54. The molecule has 2 aliphatic heterocycles. The van der Waals surface area contributed by atoms with Crippen molar-refractivity contribution in [1.29, 1.82) is 0 Å². The molecule has 0 aromatic heterocycles. The maximum atomic E-state index is 5.40. The predicted molar refractivity (Wildman–Crippen MR) is 78.5 cm³/mol. The molecular formula is C16H24N2O. The molecule has 104 valence electrons. The van der Waals surface area contributed by atoms with Gasteiger partial charge in [0.1, 0.15) is 0 Å². The van der Waals surface area contributed by atoms with Crippen LogP contribution in [0.1, 0.15) is 30.4 Å². The van der Waals surface area contributed by atoms with E-state index in [0.29, 0.717) is 0 Å². The van der Waals surface area contributed by atoms with Gasteiger partial charge in [-0.15, -0.1) is 0 Å². The summed E-state index contributed by atoms with van der Waals surface area (Å²) >= 11 is 0. The van der Waals surface area contributed by atoms with Crippen LogP contribution in [-0.2, 0) is 17.7 Å². The maximum absolute atomic E-state index is 5.40. The zero-order valence-corrected chi connectivity index (χ0v) is 11.6. The normalized spacial score (nSPS) is 19.8. The second-order valence-corrected chi connectivity index (χ2v) is 5.67. The van der Waals surface area contributed by atoms with Gasteiger partial charge in [-0.25, -0.2) is 0 Å². The molecule has 0 aliphatic carbocycles. The van der Waals surface area contributed by atoms with Crippen molar-refractivity contribution in [2.75, 3.05) is 31.6 Å². The molecule has 3 heteroatoms. The van der Waals surface area contributed by atoms with Gasteiger partial charge in [-0.1, -0.05) is 18.2 Å². The number of aryl methyl sites for hydroxylation is 1. The summed E-state index contributed by atoms with van der Waals surface area (Å²) in [6.07, 6.45) is 4.89. The number of nitrogens with one attached hydrogen (secondary N) is 2. The van der Waals surface area contributed by atoms with Crippen molar-refractivity contribution >= 4 is 5.69 Å². The van der Waals surface area contributed by atoms with Crippen LogP contribution in [0.4, 0.5) is 5.69 Å². The molecule has 0 bridgehead atoms. The fourth-order valence-corrected chi connectivity index (χ4v) is 3.09. The van der Waals surface area contributed by atoms with Gasteiger partial charge in [0.05, 0.1) is 0 Å². The summed E-state index contributed by atoms with van der Waals surface area (Å²) in [5.74, 6) is 0.793. The van der Waals surface area contributed by atoms with Gasteiger partial charge < -0.3 is 15.4 Å². The van der Waals surface area contributed by atoms with Crippen LogP contribution in [0.2, 0.25) is 0 Å². The van der Waals surface area contributed by atoms with Gasteiger partial charge in [0.15, 0.2) is 0 Å². The second kappa shape index (κ2) is 6.40. The smallest absolute Gasteiger partial charge is 0.0469 e. The van der Waals surface area contributed by atoms with E-state index in [1.54, 1.807) is 0 Å². The molecule has 0 amide bonds. The van der Waals surface area contributed by atoms with E-state index >= 15 is 0 Å². The molecule has 1 aromatic rings. The number of ether oxygens (including phenoxy) is 1. The summed E-state index contributed by atoms with van der Waals surface area (Å²) in [4.78, 5) is 0. The number of fused-ring (bicyclic) bond motifs is 1. The first-order valence-corrected chi connectivity index (χ1v) is 7.56. The van der Waals surface area contributed by atoms with Gasteiger partial charge in [-0.2, -0.15) is 0 Å². The third kappa shape index (κ3) is 3.28. The lowest BCUT2D eigenvalue weighted by atomic mass is 9.98. The molecule has 0 unspecified atom stereocenters. The highest BCUT2D eigenvalue weighted by Crippen LogP contribution is 2.26. The number of hydrogen-bond acceptors (Lipinski definition) is 3. The van der Waals surface area contributed by atoms with E-state index in [0.717, 1.165) is 38.8 Å². The summed E-state index contributed by atoms with van der Waals surface area (Å²) in [5, 5.41) is 7.19. The highest BCUT2D eigenvalue weighted by Gasteiger charge is 2.15. The van der Waals surface area contributed by atoms with Crippen LogP contribution >= 0.6 is 0 Å². The first-order valence-electron chi connectivity index (χ1n) is 7.56. The van der Waals surface area contributed by atoms with Crippen molar-refractivity contribution in [3.05, 3.63) is 29.3 Å². The second-order valence-electron chi connectivity index (χ2n) is 5.67. The molecule has 19 heavy (non-hydrogen) atoms. The van der Waals surface area contributed by atoms with E-state index in [1.807, 2.05) is 0 Å². The lowest BCUT2D eigenvalue weighted by molar-refractivity contribution is 0.0662. The fraction of sp³-hybridized carbons (Fsp3) is 0.625. The Morgan fingerprint density at radius 1 is 1.26 bits per heavy atom. The molecule has 0 saturated carbocycles. The van der Waals surface area contributed by atoms with Crippen molar-refractivity contribution in [2.24, 2.45) is 5.92 Å². The average molecular weight is 260 g/mol. The zero-order chi connectivity index (χ0) is 12.9. The Hall–Kier alpha value is -1.06. The van der Waals surface area contributed by atoms with Crippen molar-refractivity contribution in [3.8, 4) is 0 Å². The Kier molecular flexibility index (Phi) is 4.36. The van der Waals surface area contributed by atoms with Crippen molar-refractivity contribution in [3.63, 3.8) is 0 Å².